The molecule has 1 aliphatic carbocycles. The maximum Gasteiger partial charge on any atom is 0.123 e. The summed E-state index contributed by atoms with van der Waals surface area (Å²) in [4.78, 5) is 2.13. The standard InChI is InChI=1S/C13H20FNO.C10H11NO.C2H6/c1-15(2)10-4-3-5-13(16)11-6-8-12(14)9-7-11;1-8-3-2-4-9(6-11)5-10(8)7-12;1-2/h6-9,13,16H,3-5,10H2,1-2H3;3-5,12H,2,7H2,1H3;1-2H3. The summed E-state index contributed by atoms with van der Waals surface area (Å²) in [6.45, 7) is 6.98. The third kappa shape index (κ3) is 11.7. The third-order valence-electron chi connectivity index (χ3n) is 4.49. The smallest absolute Gasteiger partial charge is 0.123 e. The van der Waals surface area contributed by atoms with Gasteiger partial charge in [-0.15, -0.1) is 0 Å². The van der Waals surface area contributed by atoms with Crippen LogP contribution in [0.4, 0.5) is 4.39 Å². The molecule has 1 aromatic rings. The van der Waals surface area contributed by atoms with E-state index in [9.17, 15) is 9.50 Å². The van der Waals surface area contributed by atoms with Gasteiger partial charge in [0, 0.05) is 5.57 Å². The first-order chi connectivity index (χ1) is 14.4. The summed E-state index contributed by atoms with van der Waals surface area (Å²) in [5, 5.41) is 27.4. The normalized spacial score (nSPS) is 13.9. The SMILES string of the molecule is CC.CC1=CCC=C(C#N)C=C1CO.CN(C)CCCCC(O)c1ccc(F)cc1. The Labute approximate surface area is 181 Å². The molecule has 0 saturated heterocycles. The number of halogens is 1. The number of hydrogen-bond acceptors (Lipinski definition) is 4. The summed E-state index contributed by atoms with van der Waals surface area (Å²) in [6, 6.07) is 8.13. The molecule has 0 spiro atoms. The minimum absolute atomic E-state index is 0.00134. The number of allylic oxidation sites excluding steroid dienone is 4. The minimum Gasteiger partial charge on any atom is -0.392 e. The Hall–Kier alpha value is -2.26. The Balaban J connectivity index is 0.000000535. The largest absolute Gasteiger partial charge is 0.392 e. The average Bonchev–Trinajstić information content (AvgIpc) is 2.94. The van der Waals surface area contributed by atoms with Crippen LogP contribution in [0, 0.1) is 17.1 Å². The molecule has 1 aromatic carbocycles. The van der Waals surface area contributed by atoms with Crippen molar-refractivity contribution < 1.29 is 14.6 Å². The number of aliphatic hydroxyl groups is 2. The molecule has 0 saturated carbocycles. The predicted octanol–water partition coefficient (Wildman–Crippen LogP) is 5.32. The first kappa shape index (κ1) is 27.7. The van der Waals surface area contributed by atoms with E-state index in [1.54, 1.807) is 18.2 Å². The van der Waals surface area contributed by atoms with E-state index in [1.807, 2.05) is 47.0 Å². The summed E-state index contributed by atoms with van der Waals surface area (Å²) in [7, 11) is 4.08. The molecule has 4 nitrogen and oxygen atoms in total. The summed E-state index contributed by atoms with van der Waals surface area (Å²) < 4.78 is 12.7. The van der Waals surface area contributed by atoms with E-state index in [1.165, 1.54) is 12.1 Å². The molecular weight excluding hydrogens is 379 g/mol. The maximum atomic E-state index is 12.7. The van der Waals surface area contributed by atoms with Crippen molar-refractivity contribution in [1.29, 1.82) is 5.26 Å². The van der Waals surface area contributed by atoms with Crippen LogP contribution in [-0.2, 0) is 0 Å². The number of aliphatic hydroxyl groups excluding tert-OH is 2. The lowest BCUT2D eigenvalue weighted by molar-refractivity contribution is 0.162. The lowest BCUT2D eigenvalue weighted by Gasteiger charge is -2.12. The molecule has 30 heavy (non-hydrogen) atoms. The van der Waals surface area contributed by atoms with Crippen LogP contribution in [0.5, 0.6) is 0 Å². The zero-order chi connectivity index (χ0) is 22.9. The Morgan fingerprint density at radius 1 is 1.13 bits per heavy atom. The van der Waals surface area contributed by atoms with Gasteiger partial charge in [-0.25, -0.2) is 4.39 Å². The van der Waals surface area contributed by atoms with Gasteiger partial charge in [0.2, 0.25) is 0 Å². The van der Waals surface area contributed by atoms with Crippen molar-refractivity contribution in [3.63, 3.8) is 0 Å². The number of nitrogens with zero attached hydrogens (tertiary/aromatic N) is 2. The minimum atomic E-state index is -0.470. The maximum absolute atomic E-state index is 12.7. The predicted molar refractivity (Wildman–Crippen MR) is 122 cm³/mol. The van der Waals surface area contributed by atoms with E-state index >= 15 is 0 Å². The summed E-state index contributed by atoms with van der Waals surface area (Å²) in [5.41, 5.74) is 3.32. The molecule has 0 radical (unpaired) electrons. The van der Waals surface area contributed by atoms with E-state index in [0.717, 1.165) is 48.9 Å². The molecule has 0 heterocycles. The molecule has 0 aromatic heterocycles. The fraction of sp³-hybridized carbons (Fsp3) is 0.480. The Morgan fingerprint density at radius 2 is 1.77 bits per heavy atom. The second-order valence-corrected chi connectivity index (χ2v) is 7.09. The molecule has 0 fully saturated rings. The van der Waals surface area contributed by atoms with Crippen molar-refractivity contribution in [3.05, 3.63) is 70.6 Å². The van der Waals surface area contributed by atoms with Gasteiger partial charge in [0.25, 0.3) is 0 Å². The molecule has 2 rings (SSSR count). The van der Waals surface area contributed by atoms with Gasteiger partial charge in [-0.2, -0.15) is 5.26 Å². The molecule has 1 aliphatic rings. The monoisotopic (exact) mass is 416 g/mol. The van der Waals surface area contributed by atoms with E-state index in [4.69, 9.17) is 10.4 Å². The van der Waals surface area contributed by atoms with Gasteiger partial charge < -0.3 is 15.1 Å². The summed E-state index contributed by atoms with van der Waals surface area (Å²) in [5.74, 6) is -0.261. The van der Waals surface area contributed by atoms with Crippen molar-refractivity contribution in [3.8, 4) is 6.07 Å². The second-order valence-electron chi connectivity index (χ2n) is 7.09. The van der Waals surface area contributed by atoms with Crippen LogP contribution in [0.1, 0.15) is 58.1 Å². The fourth-order valence-corrected chi connectivity index (χ4v) is 2.72. The number of nitriles is 1. The second kappa shape index (κ2) is 16.5. The number of unbranched alkanes of at least 4 members (excludes halogenated alkanes) is 1. The zero-order valence-corrected chi connectivity index (χ0v) is 19.0. The van der Waals surface area contributed by atoms with Crippen molar-refractivity contribution in [2.75, 3.05) is 27.2 Å². The van der Waals surface area contributed by atoms with E-state index < -0.39 is 6.10 Å². The highest BCUT2D eigenvalue weighted by Gasteiger charge is 2.07. The van der Waals surface area contributed by atoms with E-state index in [-0.39, 0.29) is 12.4 Å². The van der Waals surface area contributed by atoms with Crippen LogP contribution < -0.4 is 0 Å². The Bertz CT molecular complexity index is 729. The van der Waals surface area contributed by atoms with Gasteiger partial charge in [-0.05, 0) is 88.2 Å². The van der Waals surface area contributed by atoms with Gasteiger partial charge in [-0.1, -0.05) is 38.1 Å². The van der Waals surface area contributed by atoms with Crippen molar-refractivity contribution in [1.82, 2.24) is 4.90 Å². The van der Waals surface area contributed by atoms with Gasteiger partial charge in [-0.3, -0.25) is 0 Å². The van der Waals surface area contributed by atoms with Gasteiger partial charge in [0.1, 0.15) is 5.82 Å². The molecule has 1 atom stereocenters. The van der Waals surface area contributed by atoms with Crippen molar-refractivity contribution in [2.45, 2.75) is 52.6 Å². The van der Waals surface area contributed by atoms with Crippen molar-refractivity contribution >= 4 is 0 Å². The third-order valence-corrected chi connectivity index (χ3v) is 4.49. The van der Waals surface area contributed by atoms with Crippen LogP contribution in [0.25, 0.3) is 0 Å². The first-order valence-electron chi connectivity index (χ1n) is 10.5. The molecule has 1 unspecified atom stereocenters. The number of rotatable bonds is 7. The Morgan fingerprint density at radius 3 is 2.30 bits per heavy atom. The average molecular weight is 417 g/mol. The van der Waals surface area contributed by atoms with Crippen LogP contribution in [-0.4, -0.2) is 42.4 Å². The van der Waals surface area contributed by atoms with Gasteiger partial charge >= 0.3 is 0 Å². The van der Waals surface area contributed by atoms with E-state index in [2.05, 4.69) is 11.0 Å². The zero-order valence-electron chi connectivity index (χ0n) is 19.0. The molecule has 0 amide bonds. The number of benzene rings is 1. The van der Waals surface area contributed by atoms with Crippen LogP contribution in [0.2, 0.25) is 0 Å². The molecule has 5 heteroatoms. The Kier molecular flexibility index (Phi) is 15.3. The fourth-order valence-electron chi connectivity index (χ4n) is 2.72. The lowest BCUT2D eigenvalue weighted by atomic mass is 10.0. The van der Waals surface area contributed by atoms with Crippen LogP contribution >= 0.6 is 0 Å². The quantitative estimate of drug-likeness (QED) is 0.590. The highest BCUT2D eigenvalue weighted by molar-refractivity contribution is 5.45. The molecule has 0 bridgehead atoms. The van der Waals surface area contributed by atoms with Crippen molar-refractivity contribution in [2.24, 2.45) is 0 Å². The van der Waals surface area contributed by atoms with Crippen LogP contribution in [0.3, 0.4) is 0 Å². The van der Waals surface area contributed by atoms with Crippen LogP contribution in [0.15, 0.2) is 59.2 Å². The topological polar surface area (TPSA) is 67.5 Å². The lowest BCUT2D eigenvalue weighted by Crippen LogP contribution is -2.13. The highest BCUT2D eigenvalue weighted by Crippen LogP contribution is 2.19. The molecule has 0 aliphatic heterocycles. The van der Waals surface area contributed by atoms with E-state index in [0.29, 0.717) is 5.57 Å². The first-order valence-corrected chi connectivity index (χ1v) is 10.5. The molecule has 166 valence electrons. The summed E-state index contributed by atoms with van der Waals surface area (Å²) >= 11 is 0. The molecular formula is C25H37FN2O2. The van der Waals surface area contributed by atoms with Gasteiger partial charge in [0.05, 0.1) is 18.8 Å². The highest BCUT2D eigenvalue weighted by atomic mass is 19.1. The summed E-state index contributed by atoms with van der Waals surface area (Å²) in [6.07, 6.45) is 8.69. The molecule has 2 N–H and O–H groups in total. The number of hydrogen-bond donors (Lipinski definition) is 2. The van der Waals surface area contributed by atoms with Gasteiger partial charge in [0.15, 0.2) is 0 Å².